The van der Waals surface area contributed by atoms with Crippen molar-refractivity contribution in [3.63, 3.8) is 0 Å². The van der Waals surface area contributed by atoms with Gasteiger partial charge in [-0.15, -0.1) is 0 Å². The second-order valence-electron chi connectivity index (χ2n) is 5.22. The summed E-state index contributed by atoms with van der Waals surface area (Å²) in [5, 5.41) is 4.95. The third kappa shape index (κ3) is 4.17. The molecular formula is C15H20Cl3NO. The van der Waals surface area contributed by atoms with Crippen LogP contribution in [0.3, 0.4) is 0 Å². The van der Waals surface area contributed by atoms with Gasteiger partial charge in [0.2, 0.25) is 0 Å². The molecule has 2 nitrogen and oxygen atoms in total. The molecule has 0 bridgehead atoms. The minimum atomic E-state index is 0.352. The van der Waals surface area contributed by atoms with E-state index in [1.807, 2.05) is 0 Å². The average Bonchev–Trinajstić information content (AvgIpc) is 2.89. The molecule has 0 spiro atoms. The van der Waals surface area contributed by atoms with E-state index in [2.05, 4.69) is 12.2 Å². The van der Waals surface area contributed by atoms with Crippen LogP contribution in [0.25, 0.3) is 0 Å². The monoisotopic (exact) mass is 335 g/mol. The second-order valence-corrected chi connectivity index (χ2v) is 6.47. The first-order valence-electron chi connectivity index (χ1n) is 7.12. The Bertz CT molecular complexity index is 424. The van der Waals surface area contributed by atoms with Crippen LogP contribution in [-0.4, -0.2) is 19.2 Å². The summed E-state index contributed by atoms with van der Waals surface area (Å²) in [5.41, 5.74) is 0. The van der Waals surface area contributed by atoms with Crippen molar-refractivity contribution in [1.29, 1.82) is 0 Å². The number of hydrogen-bond acceptors (Lipinski definition) is 2. The summed E-state index contributed by atoms with van der Waals surface area (Å²) in [7, 11) is 0. The topological polar surface area (TPSA) is 21.3 Å². The molecule has 0 heterocycles. The second kappa shape index (κ2) is 7.74. The normalized spacial score (nSPS) is 17.4. The summed E-state index contributed by atoms with van der Waals surface area (Å²) in [6, 6.07) is 3.66. The fourth-order valence-corrected chi connectivity index (χ4v) is 3.75. The molecule has 1 aromatic rings. The zero-order valence-corrected chi connectivity index (χ0v) is 13.9. The van der Waals surface area contributed by atoms with Crippen molar-refractivity contribution in [1.82, 2.24) is 5.32 Å². The first kappa shape index (κ1) is 16.2. The van der Waals surface area contributed by atoms with Gasteiger partial charge in [0.15, 0.2) is 5.75 Å². The van der Waals surface area contributed by atoms with Crippen LogP contribution in [-0.2, 0) is 0 Å². The van der Waals surface area contributed by atoms with Gasteiger partial charge >= 0.3 is 0 Å². The van der Waals surface area contributed by atoms with Gasteiger partial charge in [0.1, 0.15) is 6.61 Å². The van der Waals surface area contributed by atoms with E-state index < -0.39 is 0 Å². The molecule has 20 heavy (non-hydrogen) atoms. The Morgan fingerprint density at radius 3 is 2.35 bits per heavy atom. The number of rotatable bonds is 6. The summed E-state index contributed by atoms with van der Waals surface area (Å²) < 4.78 is 5.86. The minimum Gasteiger partial charge on any atom is -0.489 e. The minimum absolute atomic E-state index is 0.352. The van der Waals surface area contributed by atoms with Crippen LogP contribution in [0, 0.1) is 5.92 Å². The summed E-state index contributed by atoms with van der Waals surface area (Å²) in [4.78, 5) is 0. The quantitative estimate of drug-likeness (QED) is 0.771. The Morgan fingerprint density at radius 2 is 1.80 bits per heavy atom. The fraction of sp³-hybridized carbons (Fsp3) is 0.600. The van der Waals surface area contributed by atoms with Crippen LogP contribution in [0.2, 0.25) is 15.1 Å². The molecule has 1 fully saturated rings. The molecule has 1 aliphatic carbocycles. The summed E-state index contributed by atoms with van der Waals surface area (Å²) >= 11 is 18.2. The van der Waals surface area contributed by atoms with Gasteiger partial charge in [0.05, 0.1) is 10.0 Å². The first-order valence-corrected chi connectivity index (χ1v) is 8.26. The number of nitrogens with one attached hydrogen (secondary N) is 1. The highest BCUT2D eigenvalue weighted by Crippen LogP contribution is 2.36. The van der Waals surface area contributed by atoms with Gasteiger partial charge in [-0.1, -0.05) is 54.6 Å². The number of halogens is 3. The molecule has 0 aromatic heterocycles. The molecule has 0 amide bonds. The van der Waals surface area contributed by atoms with E-state index in [1.165, 1.54) is 25.7 Å². The van der Waals surface area contributed by atoms with Crippen LogP contribution in [0.1, 0.15) is 32.6 Å². The van der Waals surface area contributed by atoms with E-state index in [4.69, 9.17) is 39.5 Å². The Kier molecular flexibility index (Phi) is 6.28. The van der Waals surface area contributed by atoms with Crippen molar-refractivity contribution in [2.45, 2.75) is 38.6 Å². The van der Waals surface area contributed by atoms with E-state index in [-0.39, 0.29) is 0 Å². The van der Waals surface area contributed by atoms with Crippen LogP contribution in [0.4, 0.5) is 0 Å². The van der Waals surface area contributed by atoms with Gasteiger partial charge in [-0.05, 0) is 37.4 Å². The number of likely N-dealkylation sites (N-methyl/N-ethyl adjacent to an activating group) is 1. The van der Waals surface area contributed by atoms with Crippen LogP contribution >= 0.6 is 34.8 Å². The van der Waals surface area contributed by atoms with Crippen molar-refractivity contribution < 1.29 is 4.74 Å². The summed E-state index contributed by atoms with van der Waals surface area (Å²) in [6.07, 6.45) is 5.16. The number of hydrogen-bond donors (Lipinski definition) is 1. The van der Waals surface area contributed by atoms with E-state index in [0.717, 1.165) is 6.54 Å². The van der Waals surface area contributed by atoms with Crippen LogP contribution < -0.4 is 10.1 Å². The first-order chi connectivity index (χ1) is 9.61. The third-order valence-corrected chi connectivity index (χ3v) is 4.59. The summed E-state index contributed by atoms with van der Waals surface area (Å²) in [5.74, 6) is 1.21. The standard InChI is InChI=1S/C15H20Cl3NO/c1-2-19-14(10-5-3-4-6-10)9-20-15-12(17)7-11(16)8-13(15)18/h7-8,10,14,19H,2-6,9H2,1H3. The number of ether oxygens (including phenoxy) is 1. The van der Waals surface area contributed by atoms with Gasteiger partial charge in [0.25, 0.3) is 0 Å². The van der Waals surface area contributed by atoms with E-state index in [9.17, 15) is 0 Å². The van der Waals surface area contributed by atoms with Crippen molar-refractivity contribution >= 4 is 34.8 Å². The van der Waals surface area contributed by atoms with E-state index in [1.54, 1.807) is 12.1 Å². The van der Waals surface area contributed by atoms with Gasteiger partial charge in [0, 0.05) is 11.1 Å². The maximum atomic E-state index is 6.14. The lowest BCUT2D eigenvalue weighted by Crippen LogP contribution is -2.40. The predicted octanol–water partition coefficient (Wildman–Crippen LogP) is 5.19. The van der Waals surface area contributed by atoms with Crippen molar-refractivity contribution in [2.75, 3.05) is 13.2 Å². The van der Waals surface area contributed by atoms with Crippen molar-refractivity contribution in [2.24, 2.45) is 5.92 Å². The zero-order valence-electron chi connectivity index (χ0n) is 11.6. The molecule has 0 saturated heterocycles. The molecule has 2 rings (SSSR count). The summed E-state index contributed by atoms with van der Waals surface area (Å²) in [6.45, 7) is 3.64. The van der Waals surface area contributed by atoms with Crippen LogP contribution in [0.5, 0.6) is 5.75 Å². The molecule has 1 unspecified atom stereocenters. The fourth-order valence-electron chi connectivity index (χ4n) is 2.82. The number of benzene rings is 1. The molecule has 112 valence electrons. The third-order valence-electron chi connectivity index (χ3n) is 3.81. The molecule has 0 aliphatic heterocycles. The Balaban J connectivity index is 2.01. The molecule has 1 atom stereocenters. The molecule has 1 saturated carbocycles. The molecule has 1 aliphatic rings. The Labute approximate surface area is 135 Å². The maximum absolute atomic E-state index is 6.14. The largest absolute Gasteiger partial charge is 0.489 e. The molecule has 5 heteroatoms. The van der Waals surface area contributed by atoms with Crippen molar-refractivity contribution in [3.8, 4) is 5.75 Å². The Hall–Kier alpha value is -0.150. The van der Waals surface area contributed by atoms with E-state index in [0.29, 0.717) is 39.4 Å². The van der Waals surface area contributed by atoms with Gasteiger partial charge in [-0.2, -0.15) is 0 Å². The molecule has 1 N–H and O–H groups in total. The highest BCUT2D eigenvalue weighted by atomic mass is 35.5. The lowest BCUT2D eigenvalue weighted by atomic mass is 9.99. The highest BCUT2D eigenvalue weighted by molar-refractivity contribution is 6.40. The highest BCUT2D eigenvalue weighted by Gasteiger charge is 2.25. The smallest absolute Gasteiger partial charge is 0.156 e. The Morgan fingerprint density at radius 1 is 1.20 bits per heavy atom. The van der Waals surface area contributed by atoms with Crippen molar-refractivity contribution in [3.05, 3.63) is 27.2 Å². The van der Waals surface area contributed by atoms with Gasteiger partial charge in [-0.25, -0.2) is 0 Å². The van der Waals surface area contributed by atoms with Gasteiger partial charge in [-0.3, -0.25) is 0 Å². The van der Waals surface area contributed by atoms with Gasteiger partial charge < -0.3 is 10.1 Å². The van der Waals surface area contributed by atoms with E-state index >= 15 is 0 Å². The average molecular weight is 337 g/mol. The van der Waals surface area contributed by atoms with Crippen LogP contribution in [0.15, 0.2) is 12.1 Å². The predicted molar refractivity (Wildman–Crippen MR) is 86.4 cm³/mol. The molecule has 1 aromatic carbocycles. The SMILES string of the molecule is CCNC(COc1c(Cl)cc(Cl)cc1Cl)C1CCCC1. The maximum Gasteiger partial charge on any atom is 0.156 e. The lowest BCUT2D eigenvalue weighted by molar-refractivity contribution is 0.219. The molecule has 0 radical (unpaired) electrons. The molecular weight excluding hydrogens is 317 g/mol. The lowest BCUT2D eigenvalue weighted by Gasteiger charge is -2.25. The zero-order chi connectivity index (χ0) is 14.5.